The molecular formula is C11H16ClN3O. The summed E-state index contributed by atoms with van der Waals surface area (Å²) in [6, 6.07) is 2.34. The molecule has 0 saturated heterocycles. The van der Waals surface area contributed by atoms with Gasteiger partial charge in [0.25, 0.3) is 0 Å². The highest BCUT2D eigenvalue weighted by Crippen LogP contribution is 2.29. The molecule has 1 N–H and O–H groups in total. The molecule has 0 aliphatic heterocycles. The summed E-state index contributed by atoms with van der Waals surface area (Å²) >= 11 is 5.86. The number of halogens is 1. The molecule has 1 saturated carbocycles. The third kappa shape index (κ3) is 2.62. The number of aliphatic hydroxyl groups excluding tert-OH is 1. The number of aromatic nitrogens is 2. The predicted octanol–water partition coefficient (Wildman–Crippen LogP) is 1.87. The highest BCUT2D eigenvalue weighted by Gasteiger charge is 2.25. The molecule has 88 valence electrons. The van der Waals surface area contributed by atoms with E-state index in [1.165, 1.54) is 25.6 Å². The van der Waals surface area contributed by atoms with Crippen LogP contribution in [0.25, 0.3) is 0 Å². The fourth-order valence-corrected chi connectivity index (χ4v) is 2.05. The Morgan fingerprint density at radius 2 is 2.25 bits per heavy atom. The van der Waals surface area contributed by atoms with Crippen molar-refractivity contribution in [3.05, 3.63) is 17.5 Å². The van der Waals surface area contributed by atoms with E-state index in [0.717, 1.165) is 18.8 Å². The normalized spacial score (nSPS) is 15.9. The van der Waals surface area contributed by atoms with Crippen molar-refractivity contribution in [2.24, 2.45) is 0 Å². The zero-order valence-electron chi connectivity index (χ0n) is 9.14. The van der Waals surface area contributed by atoms with Crippen molar-refractivity contribution in [1.82, 2.24) is 9.97 Å². The van der Waals surface area contributed by atoms with Crippen LogP contribution in [-0.4, -0.2) is 34.3 Å². The Kier molecular flexibility index (Phi) is 3.96. The highest BCUT2D eigenvalue weighted by molar-refractivity contribution is 6.29. The first-order chi connectivity index (χ1) is 7.81. The zero-order chi connectivity index (χ0) is 11.4. The van der Waals surface area contributed by atoms with Crippen molar-refractivity contribution in [2.45, 2.75) is 31.7 Å². The van der Waals surface area contributed by atoms with Crippen LogP contribution in [0.1, 0.15) is 25.7 Å². The minimum absolute atomic E-state index is 0.210. The third-order valence-corrected chi connectivity index (χ3v) is 3.19. The topological polar surface area (TPSA) is 49.2 Å². The molecule has 5 heteroatoms. The van der Waals surface area contributed by atoms with Crippen LogP contribution in [0.4, 0.5) is 5.82 Å². The number of rotatable bonds is 5. The van der Waals surface area contributed by atoms with E-state index in [1.807, 2.05) is 0 Å². The Balaban J connectivity index is 2.10. The number of hydrogen-bond acceptors (Lipinski definition) is 4. The number of hydrogen-bond donors (Lipinski definition) is 1. The van der Waals surface area contributed by atoms with E-state index in [9.17, 15) is 0 Å². The lowest BCUT2D eigenvalue weighted by atomic mass is 9.91. The molecule has 0 aromatic carbocycles. The van der Waals surface area contributed by atoms with Crippen LogP contribution < -0.4 is 4.90 Å². The van der Waals surface area contributed by atoms with Gasteiger partial charge in [-0.3, -0.25) is 0 Å². The van der Waals surface area contributed by atoms with Gasteiger partial charge in [-0.1, -0.05) is 11.6 Å². The molecule has 1 aliphatic rings. The number of nitrogens with zero attached hydrogens (tertiary/aromatic N) is 3. The van der Waals surface area contributed by atoms with Crippen LogP contribution in [0.3, 0.4) is 0 Å². The Bertz CT molecular complexity index is 344. The van der Waals surface area contributed by atoms with Gasteiger partial charge in [0, 0.05) is 25.3 Å². The van der Waals surface area contributed by atoms with E-state index in [2.05, 4.69) is 14.9 Å². The second-order valence-corrected chi connectivity index (χ2v) is 4.44. The molecule has 0 atom stereocenters. The summed E-state index contributed by atoms with van der Waals surface area (Å²) in [7, 11) is 0. The minimum atomic E-state index is 0.210. The first-order valence-electron chi connectivity index (χ1n) is 5.66. The smallest absolute Gasteiger partial charge is 0.134 e. The van der Waals surface area contributed by atoms with Gasteiger partial charge in [-0.05, 0) is 25.7 Å². The molecule has 1 fully saturated rings. The van der Waals surface area contributed by atoms with Gasteiger partial charge in [-0.25, -0.2) is 9.97 Å². The van der Waals surface area contributed by atoms with E-state index in [-0.39, 0.29) is 6.61 Å². The van der Waals surface area contributed by atoms with Gasteiger partial charge in [0.05, 0.1) is 0 Å². The van der Waals surface area contributed by atoms with Gasteiger partial charge in [-0.15, -0.1) is 0 Å². The lowest BCUT2D eigenvalue weighted by Crippen LogP contribution is -2.41. The average Bonchev–Trinajstić information content (AvgIpc) is 2.21. The molecule has 16 heavy (non-hydrogen) atoms. The quantitative estimate of drug-likeness (QED) is 0.800. The monoisotopic (exact) mass is 241 g/mol. The van der Waals surface area contributed by atoms with Crippen molar-refractivity contribution < 1.29 is 5.11 Å². The van der Waals surface area contributed by atoms with Crippen molar-refractivity contribution in [1.29, 1.82) is 0 Å². The lowest BCUT2D eigenvalue weighted by molar-refractivity contribution is 0.282. The van der Waals surface area contributed by atoms with Crippen molar-refractivity contribution in [3.8, 4) is 0 Å². The summed E-state index contributed by atoms with van der Waals surface area (Å²) in [6.45, 7) is 1.04. The largest absolute Gasteiger partial charge is 0.396 e. The second kappa shape index (κ2) is 5.46. The Labute approximate surface area is 100 Å². The molecule has 0 amide bonds. The second-order valence-electron chi connectivity index (χ2n) is 4.05. The SMILES string of the molecule is OCCCN(c1cc(Cl)ncn1)C1CCC1. The van der Waals surface area contributed by atoms with E-state index >= 15 is 0 Å². The molecule has 0 unspecified atom stereocenters. The maximum atomic E-state index is 8.90. The molecule has 1 aliphatic carbocycles. The Morgan fingerprint density at radius 3 is 2.81 bits per heavy atom. The van der Waals surface area contributed by atoms with Crippen LogP contribution >= 0.6 is 11.6 Å². The van der Waals surface area contributed by atoms with Crippen LogP contribution in [0, 0.1) is 0 Å². The van der Waals surface area contributed by atoms with Gasteiger partial charge < -0.3 is 10.0 Å². The first kappa shape index (κ1) is 11.6. The molecule has 0 spiro atoms. The van der Waals surface area contributed by atoms with Gasteiger partial charge in [0.1, 0.15) is 17.3 Å². The molecule has 1 aromatic rings. The summed E-state index contributed by atoms with van der Waals surface area (Å²) in [5.41, 5.74) is 0. The fourth-order valence-electron chi connectivity index (χ4n) is 1.90. The van der Waals surface area contributed by atoms with Gasteiger partial charge >= 0.3 is 0 Å². The minimum Gasteiger partial charge on any atom is -0.396 e. The predicted molar refractivity (Wildman–Crippen MR) is 63.7 cm³/mol. The number of anilines is 1. The van der Waals surface area contributed by atoms with Crippen molar-refractivity contribution in [2.75, 3.05) is 18.1 Å². The standard InChI is InChI=1S/C11H16ClN3O/c12-10-7-11(14-8-13-10)15(5-2-6-16)9-3-1-4-9/h7-9,16H,1-6H2. The fraction of sp³-hybridized carbons (Fsp3) is 0.636. The van der Waals surface area contributed by atoms with Gasteiger partial charge in [-0.2, -0.15) is 0 Å². The summed E-state index contributed by atoms with van der Waals surface area (Å²) in [6.07, 6.45) is 5.93. The molecule has 0 bridgehead atoms. The maximum absolute atomic E-state index is 8.90. The van der Waals surface area contributed by atoms with Crippen LogP contribution in [-0.2, 0) is 0 Å². The molecular weight excluding hydrogens is 226 g/mol. The van der Waals surface area contributed by atoms with Gasteiger partial charge in [0.2, 0.25) is 0 Å². The van der Waals surface area contributed by atoms with E-state index < -0.39 is 0 Å². The molecule has 2 rings (SSSR count). The maximum Gasteiger partial charge on any atom is 0.134 e. The molecule has 1 aromatic heterocycles. The molecule has 0 radical (unpaired) electrons. The zero-order valence-corrected chi connectivity index (χ0v) is 9.90. The summed E-state index contributed by atoms with van der Waals surface area (Å²) in [5.74, 6) is 0.873. The molecule has 4 nitrogen and oxygen atoms in total. The first-order valence-corrected chi connectivity index (χ1v) is 6.04. The van der Waals surface area contributed by atoms with E-state index in [4.69, 9.17) is 16.7 Å². The van der Waals surface area contributed by atoms with Crippen molar-refractivity contribution in [3.63, 3.8) is 0 Å². The van der Waals surface area contributed by atoms with Gasteiger partial charge in [0.15, 0.2) is 0 Å². The summed E-state index contributed by atoms with van der Waals surface area (Å²) < 4.78 is 0. The lowest BCUT2D eigenvalue weighted by Gasteiger charge is -2.38. The highest BCUT2D eigenvalue weighted by atomic mass is 35.5. The average molecular weight is 242 g/mol. The molecule has 1 heterocycles. The Hall–Kier alpha value is -0.870. The van der Waals surface area contributed by atoms with Crippen LogP contribution in [0.5, 0.6) is 0 Å². The summed E-state index contributed by atoms with van der Waals surface area (Å²) in [5, 5.41) is 9.37. The van der Waals surface area contributed by atoms with Crippen molar-refractivity contribution >= 4 is 17.4 Å². The summed E-state index contributed by atoms with van der Waals surface area (Å²) in [4.78, 5) is 10.4. The van der Waals surface area contributed by atoms with Crippen LogP contribution in [0.2, 0.25) is 5.15 Å². The Morgan fingerprint density at radius 1 is 1.44 bits per heavy atom. The van der Waals surface area contributed by atoms with E-state index in [1.54, 1.807) is 6.07 Å². The van der Waals surface area contributed by atoms with Crippen LogP contribution in [0.15, 0.2) is 12.4 Å². The third-order valence-electron chi connectivity index (χ3n) is 2.99. The van der Waals surface area contributed by atoms with E-state index in [0.29, 0.717) is 11.2 Å². The number of aliphatic hydroxyl groups is 1.